The molecule has 0 aliphatic heterocycles. The lowest BCUT2D eigenvalue weighted by molar-refractivity contribution is 0.174. The maximum atomic E-state index is 13.7. The number of sulfonamides is 1. The first-order valence-electron chi connectivity index (χ1n) is 14.3. The van der Waals surface area contributed by atoms with Gasteiger partial charge in [-0.2, -0.15) is 4.98 Å². The molecular formula is C30H36Cl2FN7O3S. The molecule has 1 aliphatic carbocycles. The van der Waals surface area contributed by atoms with Crippen LogP contribution < -0.4 is 15.6 Å². The Kier molecular flexibility index (Phi) is 10.8. The fraction of sp³-hybridized carbons (Fsp3) is 0.400. The minimum atomic E-state index is -3.95. The topological polar surface area (TPSA) is 122 Å². The monoisotopic (exact) mass is 663 g/mol. The van der Waals surface area contributed by atoms with Gasteiger partial charge >= 0.3 is 0 Å². The molecule has 1 saturated carbocycles. The normalized spacial score (nSPS) is 17.1. The Morgan fingerprint density at radius 3 is 2.45 bits per heavy atom. The maximum Gasteiger partial charge on any atom is 0.264 e. The number of hydrogen-bond donors (Lipinski definition) is 2. The van der Waals surface area contributed by atoms with E-state index in [1.807, 2.05) is 20.9 Å². The fourth-order valence-electron chi connectivity index (χ4n) is 5.50. The summed E-state index contributed by atoms with van der Waals surface area (Å²) in [5.41, 5.74) is 1.21. The van der Waals surface area contributed by atoms with Gasteiger partial charge in [0.2, 0.25) is 5.95 Å². The molecular weight excluding hydrogens is 628 g/mol. The standard InChI is InChI=1S/C30H35ClFN7O3S.ClH/c1-19(2)39-28-21(18-34-30(36-28)35-22-9-11-23(12-10-22)38(3)15-14-32)16-24(29(39)40)20-8-13-27(33-17-20)37-43(41,42)26-7-5-4-6-25(26)31;/h4-8,13,16-19,22-23H,9-12,14-15H2,1-3H3,(H,33,37)(H,34,35,36);1H. The lowest BCUT2D eigenvalue weighted by Gasteiger charge is -2.34. The van der Waals surface area contributed by atoms with Crippen molar-refractivity contribution in [2.24, 2.45) is 0 Å². The molecule has 10 nitrogen and oxygen atoms in total. The van der Waals surface area contributed by atoms with Gasteiger partial charge in [-0.25, -0.2) is 22.8 Å². The summed E-state index contributed by atoms with van der Waals surface area (Å²) in [5, 5.41) is 4.22. The molecule has 0 atom stereocenters. The molecule has 0 bridgehead atoms. The Labute approximate surface area is 267 Å². The smallest absolute Gasteiger partial charge is 0.264 e. The average molecular weight is 665 g/mol. The lowest BCUT2D eigenvalue weighted by Crippen LogP contribution is -2.39. The van der Waals surface area contributed by atoms with Crippen LogP contribution in [-0.2, 0) is 10.0 Å². The van der Waals surface area contributed by atoms with E-state index in [-0.39, 0.29) is 52.5 Å². The van der Waals surface area contributed by atoms with Crippen molar-refractivity contribution in [3.05, 3.63) is 70.2 Å². The second-order valence-electron chi connectivity index (χ2n) is 11.1. The highest BCUT2D eigenvalue weighted by atomic mass is 35.5. The van der Waals surface area contributed by atoms with Crippen LogP contribution in [0, 0.1) is 0 Å². The third kappa shape index (κ3) is 7.31. The third-order valence-electron chi connectivity index (χ3n) is 7.82. The SMILES string of the molecule is CC(C)n1c(=O)c(-c2ccc(NS(=O)(=O)c3ccccc3Cl)nc2)cc2cnc(NC3CCC(N(C)CCF)CC3)nc21.Cl. The van der Waals surface area contributed by atoms with Gasteiger partial charge in [0, 0.05) is 53.6 Å². The first-order valence-corrected chi connectivity index (χ1v) is 16.1. The number of benzene rings is 1. The highest BCUT2D eigenvalue weighted by molar-refractivity contribution is 7.92. The molecule has 1 fully saturated rings. The van der Waals surface area contributed by atoms with Crippen molar-refractivity contribution in [3.8, 4) is 11.1 Å². The number of alkyl halides is 1. The molecule has 3 aromatic heterocycles. The minimum absolute atomic E-state index is 0. The molecule has 0 spiro atoms. The van der Waals surface area contributed by atoms with Crippen molar-refractivity contribution in [1.82, 2.24) is 24.4 Å². The van der Waals surface area contributed by atoms with Gasteiger partial charge in [0.1, 0.15) is 23.0 Å². The first-order chi connectivity index (χ1) is 20.6. The van der Waals surface area contributed by atoms with Crippen LogP contribution in [-0.4, -0.2) is 65.2 Å². The first kappa shape index (κ1) is 33.6. The largest absolute Gasteiger partial charge is 0.351 e. The van der Waals surface area contributed by atoms with E-state index in [1.165, 1.54) is 24.4 Å². The molecule has 44 heavy (non-hydrogen) atoms. The van der Waals surface area contributed by atoms with Gasteiger partial charge < -0.3 is 10.2 Å². The molecule has 14 heteroatoms. The summed E-state index contributed by atoms with van der Waals surface area (Å²) in [6.45, 7) is 3.94. The second kappa shape index (κ2) is 14.2. The van der Waals surface area contributed by atoms with E-state index in [4.69, 9.17) is 16.6 Å². The number of nitrogens with zero attached hydrogens (tertiary/aromatic N) is 5. The van der Waals surface area contributed by atoms with E-state index in [2.05, 4.69) is 24.9 Å². The van der Waals surface area contributed by atoms with Gasteiger partial charge in [0.05, 0.1) is 5.02 Å². The lowest BCUT2D eigenvalue weighted by atomic mass is 9.90. The Morgan fingerprint density at radius 1 is 1.09 bits per heavy atom. The zero-order chi connectivity index (χ0) is 30.7. The van der Waals surface area contributed by atoms with Crippen LogP contribution in [0.4, 0.5) is 16.2 Å². The predicted octanol–water partition coefficient (Wildman–Crippen LogP) is 5.93. The van der Waals surface area contributed by atoms with E-state index < -0.39 is 10.0 Å². The summed E-state index contributed by atoms with van der Waals surface area (Å²) in [6, 6.07) is 11.4. The molecule has 236 valence electrons. The minimum Gasteiger partial charge on any atom is -0.351 e. The molecule has 3 heterocycles. The molecule has 4 aromatic rings. The van der Waals surface area contributed by atoms with Gasteiger partial charge in [0.25, 0.3) is 15.6 Å². The van der Waals surface area contributed by atoms with E-state index in [0.717, 1.165) is 25.7 Å². The zero-order valence-corrected chi connectivity index (χ0v) is 27.1. The second-order valence-corrected chi connectivity index (χ2v) is 13.1. The number of nitrogens with one attached hydrogen (secondary N) is 2. The molecule has 2 N–H and O–H groups in total. The molecule has 0 unspecified atom stereocenters. The highest BCUT2D eigenvalue weighted by Gasteiger charge is 2.25. The average Bonchev–Trinajstić information content (AvgIpc) is 2.97. The summed E-state index contributed by atoms with van der Waals surface area (Å²) in [6.07, 6.45) is 6.95. The van der Waals surface area contributed by atoms with E-state index in [9.17, 15) is 17.6 Å². The maximum absolute atomic E-state index is 13.7. The quantitative estimate of drug-likeness (QED) is 0.214. The van der Waals surface area contributed by atoms with E-state index in [0.29, 0.717) is 40.7 Å². The van der Waals surface area contributed by atoms with E-state index >= 15 is 0 Å². The third-order valence-corrected chi connectivity index (χ3v) is 9.67. The van der Waals surface area contributed by atoms with Crippen LogP contribution in [0.25, 0.3) is 22.2 Å². The van der Waals surface area contributed by atoms with Crippen LogP contribution in [0.2, 0.25) is 5.02 Å². The van der Waals surface area contributed by atoms with Crippen molar-refractivity contribution in [2.75, 3.05) is 30.3 Å². The summed E-state index contributed by atoms with van der Waals surface area (Å²) in [7, 11) is -1.98. The number of anilines is 2. The fourth-order valence-corrected chi connectivity index (χ4v) is 7.03. The van der Waals surface area contributed by atoms with Gasteiger partial charge in [0.15, 0.2) is 0 Å². The van der Waals surface area contributed by atoms with Crippen LogP contribution in [0.1, 0.15) is 45.6 Å². The van der Waals surface area contributed by atoms with Gasteiger partial charge in [-0.3, -0.25) is 14.1 Å². The van der Waals surface area contributed by atoms with Crippen LogP contribution >= 0.6 is 24.0 Å². The molecule has 0 amide bonds. The number of rotatable bonds is 10. The number of pyridine rings is 2. The van der Waals surface area contributed by atoms with Crippen molar-refractivity contribution in [1.29, 1.82) is 0 Å². The Hall–Kier alpha value is -3.32. The zero-order valence-electron chi connectivity index (χ0n) is 24.7. The highest BCUT2D eigenvalue weighted by Crippen LogP contribution is 2.27. The predicted molar refractivity (Wildman–Crippen MR) is 175 cm³/mol. The summed E-state index contributed by atoms with van der Waals surface area (Å²) in [5.74, 6) is 0.558. The van der Waals surface area contributed by atoms with Crippen molar-refractivity contribution < 1.29 is 12.8 Å². The van der Waals surface area contributed by atoms with Crippen LogP contribution in [0.15, 0.2) is 64.5 Å². The Morgan fingerprint density at radius 2 is 1.82 bits per heavy atom. The molecule has 0 radical (unpaired) electrons. The number of aromatic nitrogens is 4. The molecule has 5 rings (SSSR count). The number of hydrogen-bond acceptors (Lipinski definition) is 8. The summed E-state index contributed by atoms with van der Waals surface area (Å²) >= 11 is 6.07. The van der Waals surface area contributed by atoms with Crippen LogP contribution in [0.3, 0.4) is 0 Å². The van der Waals surface area contributed by atoms with Crippen molar-refractivity contribution in [3.63, 3.8) is 0 Å². The van der Waals surface area contributed by atoms with Gasteiger partial charge in [-0.1, -0.05) is 23.7 Å². The molecule has 0 saturated heterocycles. The Bertz CT molecular complexity index is 1760. The van der Waals surface area contributed by atoms with Crippen molar-refractivity contribution >= 4 is 56.8 Å². The summed E-state index contributed by atoms with van der Waals surface area (Å²) in [4.78, 5) is 29.3. The van der Waals surface area contributed by atoms with E-state index in [1.54, 1.807) is 35.0 Å². The number of fused-ring (bicyclic) bond motifs is 1. The summed E-state index contributed by atoms with van der Waals surface area (Å²) < 4.78 is 42.4. The van der Waals surface area contributed by atoms with Gasteiger partial charge in [-0.15, -0.1) is 12.4 Å². The van der Waals surface area contributed by atoms with Crippen molar-refractivity contribution in [2.45, 2.75) is 62.6 Å². The van der Waals surface area contributed by atoms with Gasteiger partial charge in [-0.05, 0) is 76.9 Å². The number of halogens is 3. The van der Waals surface area contributed by atoms with Crippen LogP contribution in [0.5, 0.6) is 0 Å². The molecule has 1 aromatic carbocycles. The Balaban J connectivity index is 0.00000442. The molecule has 1 aliphatic rings.